The van der Waals surface area contributed by atoms with Crippen molar-refractivity contribution < 1.29 is 12.8 Å². The minimum absolute atomic E-state index is 0.0610. The van der Waals surface area contributed by atoms with Crippen LogP contribution in [0.15, 0.2) is 53.5 Å². The van der Waals surface area contributed by atoms with Crippen molar-refractivity contribution in [3.05, 3.63) is 64.9 Å². The zero-order valence-corrected chi connectivity index (χ0v) is 16.1. The van der Waals surface area contributed by atoms with Crippen LogP contribution in [0.2, 0.25) is 5.02 Å². The summed E-state index contributed by atoms with van der Waals surface area (Å²) < 4.78 is 38.1. The summed E-state index contributed by atoms with van der Waals surface area (Å²) in [6.07, 6.45) is 0. The number of thioether (sulfide) groups is 1. The molecule has 0 bridgehead atoms. The van der Waals surface area contributed by atoms with Crippen molar-refractivity contribution in [3.63, 3.8) is 0 Å². The van der Waals surface area contributed by atoms with Gasteiger partial charge in [-0.15, -0.1) is 0 Å². The summed E-state index contributed by atoms with van der Waals surface area (Å²) in [5, 5.41) is 1.09. The molecule has 1 fully saturated rings. The molecule has 2 heterocycles. The quantitative estimate of drug-likeness (QED) is 0.773. The number of sulfone groups is 1. The Morgan fingerprint density at radius 3 is 2.65 bits per heavy atom. The second-order valence-corrected chi connectivity index (χ2v) is 9.82. The summed E-state index contributed by atoms with van der Waals surface area (Å²) in [6.45, 7) is 0. The first-order chi connectivity index (χ1) is 12.4. The van der Waals surface area contributed by atoms with Crippen LogP contribution in [0.1, 0.15) is 5.56 Å². The Kier molecular flexibility index (Phi) is 4.71. The second-order valence-electron chi connectivity index (χ2n) is 6.32. The van der Waals surface area contributed by atoms with Gasteiger partial charge in [0.15, 0.2) is 15.0 Å². The standard InChI is InChI=1S/C18H16ClFN2O2S2/c19-14-7-4-8-15(20)13(14)9-25-18-21-16-10-26(23,24)11-17(16)22(18)12-5-2-1-3-6-12/h1-8,16-17H,9-11H2/t16-,17+/m1/s1. The summed E-state index contributed by atoms with van der Waals surface area (Å²) in [6, 6.07) is 13.7. The highest BCUT2D eigenvalue weighted by Gasteiger charge is 2.47. The number of aliphatic imine (C=N–C) groups is 1. The molecule has 0 N–H and O–H groups in total. The summed E-state index contributed by atoms with van der Waals surface area (Å²) in [7, 11) is -3.09. The van der Waals surface area contributed by atoms with Gasteiger partial charge in [-0.3, -0.25) is 4.99 Å². The fourth-order valence-electron chi connectivity index (χ4n) is 3.33. The lowest BCUT2D eigenvalue weighted by atomic mass is 10.1. The Morgan fingerprint density at radius 1 is 1.15 bits per heavy atom. The SMILES string of the molecule is O=S1(=O)C[C@H]2N=C(SCc3c(F)cccc3Cl)N(c3ccccc3)[C@H]2C1. The lowest BCUT2D eigenvalue weighted by Crippen LogP contribution is -2.39. The van der Waals surface area contributed by atoms with Gasteiger partial charge in [0.2, 0.25) is 0 Å². The predicted octanol–water partition coefficient (Wildman–Crippen LogP) is 3.75. The number of rotatable bonds is 3. The molecule has 2 atom stereocenters. The van der Waals surface area contributed by atoms with E-state index in [0.29, 0.717) is 21.5 Å². The van der Waals surface area contributed by atoms with Crippen LogP contribution in [0, 0.1) is 5.82 Å². The highest BCUT2D eigenvalue weighted by Crippen LogP contribution is 2.36. The number of hydrogen-bond donors (Lipinski definition) is 0. The van der Waals surface area contributed by atoms with Crippen LogP contribution in [0.4, 0.5) is 10.1 Å². The van der Waals surface area contributed by atoms with E-state index in [0.717, 1.165) is 5.69 Å². The number of anilines is 1. The van der Waals surface area contributed by atoms with E-state index in [1.54, 1.807) is 12.1 Å². The normalized spacial score (nSPS) is 23.8. The second kappa shape index (κ2) is 6.87. The van der Waals surface area contributed by atoms with Crippen LogP contribution in [-0.4, -0.2) is 37.2 Å². The molecule has 4 rings (SSSR count). The number of fused-ring (bicyclic) bond motifs is 1. The van der Waals surface area contributed by atoms with Gasteiger partial charge in [0.25, 0.3) is 0 Å². The molecule has 0 spiro atoms. The number of hydrogen-bond acceptors (Lipinski definition) is 5. The smallest absolute Gasteiger partial charge is 0.164 e. The Balaban J connectivity index is 1.63. The molecule has 0 aromatic heterocycles. The monoisotopic (exact) mass is 410 g/mol. The molecule has 2 aliphatic heterocycles. The molecule has 8 heteroatoms. The lowest BCUT2D eigenvalue weighted by Gasteiger charge is -2.26. The van der Waals surface area contributed by atoms with E-state index in [4.69, 9.17) is 11.6 Å². The van der Waals surface area contributed by atoms with Gasteiger partial charge < -0.3 is 4.90 Å². The van der Waals surface area contributed by atoms with E-state index in [1.165, 1.54) is 17.8 Å². The Labute approximate surface area is 161 Å². The Morgan fingerprint density at radius 2 is 1.92 bits per heavy atom. The van der Waals surface area contributed by atoms with E-state index in [1.807, 2.05) is 35.2 Å². The van der Waals surface area contributed by atoms with Crippen molar-refractivity contribution in [3.8, 4) is 0 Å². The van der Waals surface area contributed by atoms with Crippen LogP contribution in [0.25, 0.3) is 0 Å². The van der Waals surface area contributed by atoms with Gasteiger partial charge in [0.05, 0.1) is 23.6 Å². The molecule has 0 amide bonds. The number of halogens is 2. The van der Waals surface area contributed by atoms with Crippen LogP contribution >= 0.6 is 23.4 Å². The van der Waals surface area contributed by atoms with Crippen LogP contribution in [-0.2, 0) is 15.6 Å². The number of amidine groups is 1. The summed E-state index contributed by atoms with van der Waals surface area (Å²) >= 11 is 7.50. The molecule has 2 aliphatic rings. The maximum atomic E-state index is 14.0. The number of nitrogens with zero attached hydrogens (tertiary/aromatic N) is 2. The van der Waals surface area contributed by atoms with Crippen molar-refractivity contribution in [1.29, 1.82) is 0 Å². The van der Waals surface area contributed by atoms with Crippen molar-refractivity contribution in [2.45, 2.75) is 17.8 Å². The summed E-state index contributed by atoms with van der Waals surface area (Å²) in [4.78, 5) is 6.61. The van der Waals surface area contributed by atoms with Crippen molar-refractivity contribution in [2.75, 3.05) is 16.4 Å². The van der Waals surface area contributed by atoms with Gasteiger partial charge in [0, 0.05) is 22.0 Å². The van der Waals surface area contributed by atoms with Gasteiger partial charge >= 0.3 is 0 Å². The highest BCUT2D eigenvalue weighted by molar-refractivity contribution is 8.13. The zero-order valence-electron chi connectivity index (χ0n) is 13.7. The fourth-order valence-corrected chi connectivity index (χ4v) is 6.64. The Hall–Kier alpha value is -1.57. The average Bonchev–Trinajstić information content (AvgIpc) is 3.06. The van der Waals surface area contributed by atoms with Crippen LogP contribution < -0.4 is 4.90 Å². The lowest BCUT2D eigenvalue weighted by molar-refractivity contribution is 0.601. The first-order valence-corrected chi connectivity index (χ1v) is 11.3. The molecule has 4 nitrogen and oxygen atoms in total. The van der Waals surface area contributed by atoms with Gasteiger partial charge in [-0.25, -0.2) is 12.8 Å². The van der Waals surface area contributed by atoms with E-state index in [-0.39, 0.29) is 29.4 Å². The van der Waals surface area contributed by atoms with Crippen molar-refractivity contribution >= 4 is 44.1 Å². The molecule has 1 saturated heterocycles. The van der Waals surface area contributed by atoms with Gasteiger partial charge in [-0.05, 0) is 24.3 Å². The minimum atomic E-state index is -3.09. The number of benzene rings is 2. The molecule has 0 unspecified atom stereocenters. The maximum absolute atomic E-state index is 14.0. The van der Waals surface area contributed by atoms with E-state index in [9.17, 15) is 12.8 Å². The number of para-hydroxylation sites is 1. The molecule has 0 radical (unpaired) electrons. The zero-order chi connectivity index (χ0) is 18.3. The minimum Gasteiger partial charge on any atom is -0.315 e. The predicted molar refractivity (Wildman–Crippen MR) is 105 cm³/mol. The Bertz CT molecular complexity index is 946. The molecule has 2 aromatic rings. The third kappa shape index (κ3) is 3.35. The van der Waals surface area contributed by atoms with Gasteiger partial charge in [-0.1, -0.05) is 47.6 Å². The first-order valence-electron chi connectivity index (χ1n) is 8.13. The third-order valence-electron chi connectivity index (χ3n) is 4.55. The summed E-state index contributed by atoms with van der Waals surface area (Å²) in [5.41, 5.74) is 1.32. The van der Waals surface area contributed by atoms with E-state index < -0.39 is 9.84 Å². The molecule has 2 aromatic carbocycles. The largest absolute Gasteiger partial charge is 0.315 e. The molecule has 0 saturated carbocycles. The fraction of sp³-hybridized carbons (Fsp3) is 0.278. The van der Waals surface area contributed by atoms with Crippen molar-refractivity contribution in [1.82, 2.24) is 0 Å². The molecular formula is C18H16ClFN2O2S2. The third-order valence-corrected chi connectivity index (χ3v) is 7.60. The highest BCUT2D eigenvalue weighted by atomic mass is 35.5. The molecular weight excluding hydrogens is 395 g/mol. The van der Waals surface area contributed by atoms with Gasteiger partial charge in [-0.2, -0.15) is 0 Å². The van der Waals surface area contributed by atoms with E-state index >= 15 is 0 Å². The molecule has 136 valence electrons. The first kappa shape index (κ1) is 17.8. The molecule has 26 heavy (non-hydrogen) atoms. The van der Waals surface area contributed by atoms with Crippen molar-refractivity contribution in [2.24, 2.45) is 4.99 Å². The van der Waals surface area contributed by atoms with Crippen LogP contribution in [0.3, 0.4) is 0 Å². The van der Waals surface area contributed by atoms with E-state index in [2.05, 4.69) is 4.99 Å². The summed E-state index contributed by atoms with van der Waals surface area (Å²) in [5.74, 6) is 0.129. The topological polar surface area (TPSA) is 49.7 Å². The van der Waals surface area contributed by atoms with Gasteiger partial charge in [0.1, 0.15) is 5.82 Å². The average molecular weight is 411 g/mol. The van der Waals surface area contributed by atoms with Crippen LogP contribution in [0.5, 0.6) is 0 Å². The molecule has 0 aliphatic carbocycles. The maximum Gasteiger partial charge on any atom is 0.164 e.